The molecule has 1 aliphatic carbocycles. The summed E-state index contributed by atoms with van der Waals surface area (Å²) in [4.78, 5) is 12.4. The maximum Gasteiger partial charge on any atom is 0.251 e. The molecular formula is C24H32N2O3S2. The minimum Gasteiger partial charge on any atom is -0.351 e. The van der Waals surface area contributed by atoms with Crippen LogP contribution < -0.4 is 9.62 Å². The quantitative estimate of drug-likeness (QED) is 0.552. The summed E-state index contributed by atoms with van der Waals surface area (Å²) in [6, 6.07) is 13.0. The van der Waals surface area contributed by atoms with E-state index in [9.17, 15) is 13.2 Å². The predicted molar refractivity (Wildman–Crippen MR) is 130 cm³/mol. The number of hydrogen-bond acceptors (Lipinski definition) is 4. The highest BCUT2D eigenvalue weighted by atomic mass is 32.2. The minimum atomic E-state index is -3.45. The summed E-state index contributed by atoms with van der Waals surface area (Å²) in [6.45, 7) is 4.74. The number of rotatable bonds is 9. The summed E-state index contributed by atoms with van der Waals surface area (Å²) in [5, 5.41) is 3.74. The summed E-state index contributed by atoms with van der Waals surface area (Å²) >= 11 is 1.96. The zero-order chi connectivity index (χ0) is 22.4. The van der Waals surface area contributed by atoms with E-state index in [0.717, 1.165) is 27.7 Å². The number of amides is 1. The van der Waals surface area contributed by atoms with Crippen molar-refractivity contribution in [2.24, 2.45) is 0 Å². The summed E-state index contributed by atoms with van der Waals surface area (Å²) in [5.74, 6) is 0.848. The standard InChI is InChI=1S/C24H32N2O3S2/c1-18-8-9-19(2)23(16-18)26(31(3,28)29)17-20-10-12-21(13-11-20)24(27)25-14-15-30-22-6-4-5-7-22/h8-13,16,22H,4-7,14-15,17H2,1-3H3,(H,25,27). The number of nitrogens with zero attached hydrogens (tertiary/aromatic N) is 1. The van der Waals surface area contributed by atoms with Gasteiger partial charge in [-0.15, -0.1) is 0 Å². The summed E-state index contributed by atoms with van der Waals surface area (Å²) in [5.41, 5.74) is 4.02. The number of carbonyl (C=O) groups excluding carboxylic acids is 1. The van der Waals surface area contributed by atoms with E-state index in [2.05, 4.69) is 5.32 Å². The van der Waals surface area contributed by atoms with Gasteiger partial charge < -0.3 is 5.32 Å². The molecule has 2 aromatic carbocycles. The van der Waals surface area contributed by atoms with E-state index >= 15 is 0 Å². The van der Waals surface area contributed by atoms with Gasteiger partial charge in [-0.3, -0.25) is 9.10 Å². The maximum absolute atomic E-state index is 12.5. The smallest absolute Gasteiger partial charge is 0.251 e. The van der Waals surface area contributed by atoms with E-state index in [1.807, 2.05) is 55.9 Å². The van der Waals surface area contributed by atoms with Crippen LogP contribution in [0.1, 0.15) is 52.7 Å². The largest absolute Gasteiger partial charge is 0.351 e. The molecule has 0 aromatic heterocycles. The third kappa shape index (κ3) is 6.74. The van der Waals surface area contributed by atoms with Gasteiger partial charge in [0.25, 0.3) is 5.91 Å². The van der Waals surface area contributed by atoms with Gasteiger partial charge in [-0.2, -0.15) is 11.8 Å². The van der Waals surface area contributed by atoms with Crippen LogP contribution in [0, 0.1) is 13.8 Å². The van der Waals surface area contributed by atoms with Crippen molar-refractivity contribution in [1.82, 2.24) is 5.32 Å². The number of thioether (sulfide) groups is 1. The molecule has 2 aromatic rings. The van der Waals surface area contributed by atoms with Crippen molar-refractivity contribution in [3.8, 4) is 0 Å². The van der Waals surface area contributed by atoms with Gasteiger partial charge in [0.2, 0.25) is 10.0 Å². The average Bonchev–Trinajstić information content (AvgIpc) is 3.24. The van der Waals surface area contributed by atoms with Crippen molar-refractivity contribution < 1.29 is 13.2 Å². The van der Waals surface area contributed by atoms with Gasteiger partial charge in [-0.05, 0) is 61.6 Å². The van der Waals surface area contributed by atoms with Crippen LogP contribution in [0.3, 0.4) is 0 Å². The van der Waals surface area contributed by atoms with Gasteiger partial charge in [0.1, 0.15) is 0 Å². The van der Waals surface area contributed by atoms with E-state index in [4.69, 9.17) is 0 Å². The molecule has 1 saturated carbocycles. The van der Waals surface area contributed by atoms with Gasteiger partial charge in [0.05, 0.1) is 18.5 Å². The first-order chi connectivity index (χ1) is 14.7. The fourth-order valence-electron chi connectivity index (χ4n) is 3.84. The third-order valence-electron chi connectivity index (χ3n) is 5.62. The van der Waals surface area contributed by atoms with Crippen molar-refractivity contribution in [2.45, 2.75) is 51.3 Å². The van der Waals surface area contributed by atoms with Crippen LogP contribution in [-0.4, -0.2) is 38.1 Å². The molecule has 1 fully saturated rings. The van der Waals surface area contributed by atoms with Gasteiger partial charge >= 0.3 is 0 Å². The predicted octanol–water partition coefficient (Wildman–Crippen LogP) is 4.68. The normalized spacial score (nSPS) is 14.5. The van der Waals surface area contributed by atoms with E-state index in [1.54, 1.807) is 12.1 Å². The second-order valence-corrected chi connectivity index (χ2v) is 11.6. The SMILES string of the molecule is Cc1ccc(C)c(N(Cc2ccc(C(=O)NCCSC3CCCC3)cc2)S(C)(=O)=O)c1. The second kappa shape index (κ2) is 10.6. The Morgan fingerprint density at radius 2 is 1.77 bits per heavy atom. The molecule has 1 amide bonds. The number of benzene rings is 2. The lowest BCUT2D eigenvalue weighted by Gasteiger charge is -2.25. The van der Waals surface area contributed by atoms with Crippen molar-refractivity contribution >= 4 is 33.4 Å². The molecule has 0 aliphatic heterocycles. The monoisotopic (exact) mass is 460 g/mol. The molecule has 0 heterocycles. The highest BCUT2D eigenvalue weighted by Crippen LogP contribution is 2.29. The average molecular weight is 461 g/mol. The molecule has 5 nitrogen and oxygen atoms in total. The third-order valence-corrected chi connectivity index (χ3v) is 8.13. The molecular weight excluding hydrogens is 428 g/mol. The molecule has 1 aliphatic rings. The molecule has 1 N–H and O–H groups in total. The Morgan fingerprint density at radius 1 is 1.10 bits per heavy atom. The Bertz CT molecular complexity index is 998. The molecule has 7 heteroatoms. The van der Waals surface area contributed by atoms with Crippen LogP contribution in [0.4, 0.5) is 5.69 Å². The minimum absolute atomic E-state index is 0.0898. The van der Waals surface area contributed by atoms with Crippen molar-refractivity contribution in [2.75, 3.05) is 22.9 Å². The zero-order valence-corrected chi connectivity index (χ0v) is 20.2. The van der Waals surface area contributed by atoms with Crippen LogP contribution in [0.15, 0.2) is 42.5 Å². The fourth-order valence-corrected chi connectivity index (χ4v) is 6.00. The van der Waals surface area contributed by atoms with Crippen LogP contribution >= 0.6 is 11.8 Å². The Balaban J connectivity index is 1.61. The van der Waals surface area contributed by atoms with Crippen molar-refractivity contribution in [3.63, 3.8) is 0 Å². The second-order valence-electron chi connectivity index (χ2n) is 8.29. The van der Waals surface area contributed by atoms with Crippen LogP contribution in [0.5, 0.6) is 0 Å². The lowest BCUT2D eigenvalue weighted by Crippen LogP contribution is -2.30. The maximum atomic E-state index is 12.5. The molecule has 3 rings (SSSR count). The Labute approximate surface area is 190 Å². The van der Waals surface area contributed by atoms with Crippen molar-refractivity contribution in [1.29, 1.82) is 0 Å². The van der Waals surface area contributed by atoms with Gasteiger partial charge in [0.15, 0.2) is 0 Å². The lowest BCUT2D eigenvalue weighted by molar-refractivity contribution is 0.0956. The molecule has 31 heavy (non-hydrogen) atoms. The number of sulfonamides is 1. The van der Waals surface area contributed by atoms with E-state index < -0.39 is 10.0 Å². The first-order valence-corrected chi connectivity index (χ1v) is 13.7. The first kappa shape index (κ1) is 23.7. The number of carbonyl (C=O) groups is 1. The Hall–Kier alpha value is -1.99. The summed E-state index contributed by atoms with van der Waals surface area (Å²) < 4.78 is 26.4. The van der Waals surface area contributed by atoms with E-state index in [-0.39, 0.29) is 12.5 Å². The fraction of sp³-hybridized carbons (Fsp3) is 0.458. The van der Waals surface area contributed by atoms with Gasteiger partial charge in [0, 0.05) is 23.1 Å². The van der Waals surface area contributed by atoms with E-state index in [0.29, 0.717) is 17.8 Å². The summed E-state index contributed by atoms with van der Waals surface area (Å²) in [7, 11) is -3.45. The number of aryl methyl sites for hydroxylation is 2. The molecule has 0 unspecified atom stereocenters. The molecule has 0 saturated heterocycles. The first-order valence-electron chi connectivity index (χ1n) is 10.8. The molecule has 0 spiro atoms. The topological polar surface area (TPSA) is 66.5 Å². The number of nitrogens with one attached hydrogen (secondary N) is 1. The lowest BCUT2D eigenvalue weighted by atomic mass is 10.1. The molecule has 168 valence electrons. The summed E-state index contributed by atoms with van der Waals surface area (Å²) in [6.07, 6.45) is 6.48. The van der Waals surface area contributed by atoms with Gasteiger partial charge in [-0.25, -0.2) is 8.42 Å². The number of anilines is 1. The van der Waals surface area contributed by atoms with Gasteiger partial charge in [-0.1, -0.05) is 37.1 Å². The van der Waals surface area contributed by atoms with Crippen molar-refractivity contribution in [3.05, 3.63) is 64.7 Å². The molecule has 0 bridgehead atoms. The molecule has 0 atom stereocenters. The Morgan fingerprint density at radius 3 is 2.42 bits per heavy atom. The Kier molecular flexibility index (Phi) is 8.06. The zero-order valence-electron chi connectivity index (χ0n) is 18.6. The van der Waals surface area contributed by atoms with Crippen LogP contribution in [0.25, 0.3) is 0 Å². The highest BCUT2D eigenvalue weighted by Gasteiger charge is 2.20. The highest BCUT2D eigenvalue weighted by molar-refractivity contribution is 7.99. The molecule has 0 radical (unpaired) electrons. The van der Waals surface area contributed by atoms with Crippen LogP contribution in [-0.2, 0) is 16.6 Å². The van der Waals surface area contributed by atoms with E-state index in [1.165, 1.54) is 36.2 Å². The number of hydrogen-bond donors (Lipinski definition) is 1. The van der Waals surface area contributed by atoms with Crippen LogP contribution in [0.2, 0.25) is 0 Å².